The number of esters is 1. The second-order valence-corrected chi connectivity index (χ2v) is 10.4. The van der Waals surface area contributed by atoms with Gasteiger partial charge in [0.15, 0.2) is 0 Å². The average Bonchev–Trinajstić information content (AvgIpc) is 3.27. The second kappa shape index (κ2) is 13.0. The third kappa shape index (κ3) is 6.37. The summed E-state index contributed by atoms with van der Waals surface area (Å²) in [5, 5.41) is 11.3. The van der Waals surface area contributed by atoms with Gasteiger partial charge in [0.2, 0.25) is 0 Å². The molecule has 0 aromatic heterocycles. The van der Waals surface area contributed by atoms with Crippen LogP contribution in [0.1, 0.15) is 39.5 Å². The molecular weight excluding hydrogens is 536 g/mol. The van der Waals surface area contributed by atoms with Crippen LogP contribution in [-0.2, 0) is 14.3 Å². The molecule has 3 aromatic rings. The summed E-state index contributed by atoms with van der Waals surface area (Å²) >= 11 is 0. The van der Waals surface area contributed by atoms with Gasteiger partial charge in [-0.1, -0.05) is 42.0 Å². The van der Waals surface area contributed by atoms with Gasteiger partial charge in [-0.05, 0) is 55.3 Å². The maximum Gasteiger partial charge on any atom is 0.343 e. The molecule has 1 N–H and O–H groups in total. The number of ketones is 1. The second-order valence-electron chi connectivity index (χ2n) is 10.4. The van der Waals surface area contributed by atoms with Crippen LogP contribution in [0.15, 0.2) is 78.4 Å². The lowest BCUT2D eigenvalue weighted by Gasteiger charge is -2.29. The molecular formula is C33H34N2O7. The number of benzene rings is 3. The summed E-state index contributed by atoms with van der Waals surface area (Å²) in [4.78, 5) is 43.1. The Labute approximate surface area is 244 Å². The zero-order chi connectivity index (χ0) is 29.6. The Kier molecular flexibility index (Phi) is 9.00. The SMILES string of the molecule is COc1ccc(C(=O)Oc2ccc([C@H]3C(=C(O)c4ccc(C)cc4)C(=O)C(=O)N3CCCN3CCOCC3)cc2)cc1. The molecule has 1 atom stereocenters. The van der Waals surface area contributed by atoms with Crippen LogP contribution in [0.2, 0.25) is 0 Å². The van der Waals surface area contributed by atoms with Gasteiger partial charge in [0, 0.05) is 31.7 Å². The molecule has 0 aliphatic carbocycles. The predicted octanol–water partition coefficient (Wildman–Crippen LogP) is 4.37. The number of hydrogen-bond donors (Lipinski definition) is 1. The average molecular weight is 571 g/mol. The van der Waals surface area contributed by atoms with Crippen molar-refractivity contribution in [1.29, 1.82) is 0 Å². The maximum atomic E-state index is 13.3. The van der Waals surface area contributed by atoms with Gasteiger partial charge in [0.1, 0.15) is 17.3 Å². The minimum Gasteiger partial charge on any atom is -0.507 e. The highest BCUT2D eigenvalue weighted by Crippen LogP contribution is 2.40. The lowest BCUT2D eigenvalue weighted by molar-refractivity contribution is -0.140. The van der Waals surface area contributed by atoms with E-state index in [1.54, 1.807) is 67.8 Å². The number of methoxy groups -OCH3 is 1. The molecule has 0 unspecified atom stereocenters. The monoisotopic (exact) mass is 570 g/mol. The molecule has 42 heavy (non-hydrogen) atoms. The van der Waals surface area contributed by atoms with E-state index in [2.05, 4.69) is 4.90 Å². The van der Waals surface area contributed by atoms with Crippen LogP contribution in [-0.4, -0.2) is 79.1 Å². The number of Topliss-reactive ketones (excluding diaryl/α,β-unsaturated/α-hetero) is 1. The van der Waals surface area contributed by atoms with E-state index in [0.29, 0.717) is 54.4 Å². The summed E-state index contributed by atoms with van der Waals surface area (Å²) in [5.41, 5.74) is 2.50. The Morgan fingerprint density at radius 1 is 0.881 bits per heavy atom. The molecule has 218 valence electrons. The Morgan fingerprint density at radius 3 is 2.14 bits per heavy atom. The number of likely N-dealkylation sites (tertiary alicyclic amines) is 1. The van der Waals surface area contributed by atoms with E-state index in [4.69, 9.17) is 14.2 Å². The standard InChI is InChI=1S/C33H34N2O7/c1-22-4-6-24(7-5-22)30(36)28-29(35(32(38)31(28)37)17-3-16-34-18-20-41-21-19-34)23-8-14-27(15-9-23)42-33(39)25-10-12-26(40-2)13-11-25/h4-15,29,36H,3,16-21H2,1-2H3/t29-/m0/s1. The fourth-order valence-electron chi connectivity index (χ4n) is 5.22. The van der Waals surface area contributed by atoms with Crippen molar-refractivity contribution in [2.45, 2.75) is 19.4 Å². The Hall–Kier alpha value is -4.47. The van der Waals surface area contributed by atoms with Gasteiger partial charge in [-0.25, -0.2) is 4.79 Å². The summed E-state index contributed by atoms with van der Waals surface area (Å²) in [6, 6.07) is 19.6. The minimum absolute atomic E-state index is 0.0400. The van der Waals surface area contributed by atoms with E-state index in [1.807, 2.05) is 19.1 Å². The van der Waals surface area contributed by atoms with Crippen LogP contribution in [0.25, 0.3) is 5.76 Å². The Morgan fingerprint density at radius 2 is 1.50 bits per heavy atom. The van der Waals surface area contributed by atoms with Gasteiger partial charge in [0.25, 0.3) is 11.7 Å². The van der Waals surface area contributed by atoms with Crippen molar-refractivity contribution in [1.82, 2.24) is 9.80 Å². The number of carbonyl (C=O) groups excluding carboxylic acids is 3. The normalized spacial score (nSPS) is 18.7. The van der Waals surface area contributed by atoms with E-state index in [-0.39, 0.29) is 11.3 Å². The molecule has 0 spiro atoms. The number of morpholine rings is 1. The van der Waals surface area contributed by atoms with Crippen LogP contribution in [0.4, 0.5) is 0 Å². The molecule has 2 heterocycles. The molecule has 2 aliphatic heterocycles. The zero-order valence-electron chi connectivity index (χ0n) is 23.7. The third-order valence-electron chi connectivity index (χ3n) is 7.57. The maximum absolute atomic E-state index is 13.3. The Bertz CT molecular complexity index is 1460. The summed E-state index contributed by atoms with van der Waals surface area (Å²) in [6.45, 7) is 6.04. The molecule has 0 bridgehead atoms. The van der Waals surface area contributed by atoms with Gasteiger partial charge in [-0.3, -0.25) is 14.5 Å². The van der Waals surface area contributed by atoms with Crippen LogP contribution >= 0.6 is 0 Å². The van der Waals surface area contributed by atoms with E-state index < -0.39 is 23.7 Å². The summed E-state index contributed by atoms with van der Waals surface area (Å²) in [7, 11) is 1.55. The molecule has 0 radical (unpaired) electrons. The predicted molar refractivity (Wildman–Crippen MR) is 156 cm³/mol. The first-order valence-corrected chi connectivity index (χ1v) is 14.0. The molecule has 0 saturated carbocycles. The topological polar surface area (TPSA) is 106 Å². The van der Waals surface area contributed by atoms with Crippen molar-refractivity contribution in [2.75, 3.05) is 46.5 Å². The number of aliphatic hydroxyl groups excluding tert-OH is 1. The van der Waals surface area contributed by atoms with Crippen LogP contribution in [0.5, 0.6) is 11.5 Å². The molecule has 9 nitrogen and oxygen atoms in total. The lowest BCUT2D eigenvalue weighted by Crippen LogP contribution is -2.38. The third-order valence-corrected chi connectivity index (χ3v) is 7.57. The van der Waals surface area contributed by atoms with E-state index >= 15 is 0 Å². The van der Waals surface area contributed by atoms with Crippen LogP contribution in [0.3, 0.4) is 0 Å². The number of amides is 1. The fraction of sp³-hybridized carbons (Fsp3) is 0.303. The highest BCUT2D eigenvalue weighted by molar-refractivity contribution is 6.46. The number of ether oxygens (including phenoxy) is 3. The molecule has 5 rings (SSSR count). The zero-order valence-corrected chi connectivity index (χ0v) is 23.7. The molecule has 3 aromatic carbocycles. The molecule has 1 amide bonds. The first-order valence-electron chi connectivity index (χ1n) is 14.0. The largest absolute Gasteiger partial charge is 0.507 e. The van der Waals surface area contributed by atoms with Crippen molar-refractivity contribution < 1.29 is 33.7 Å². The first kappa shape index (κ1) is 29.0. The van der Waals surface area contributed by atoms with Crippen molar-refractivity contribution in [3.8, 4) is 11.5 Å². The number of rotatable bonds is 9. The number of nitrogens with zero attached hydrogens (tertiary/aromatic N) is 2. The summed E-state index contributed by atoms with van der Waals surface area (Å²) < 4.78 is 16.1. The number of aryl methyl sites for hydroxylation is 1. The van der Waals surface area contributed by atoms with Crippen LogP contribution in [0, 0.1) is 6.92 Å². The lowest BCUT2D eigenvalue weighted by atomic mass is 9.95. The minimum atomic E-state index is -0.790. The van der Waals surface area contributed by atoms with Gasteiger partial charge in [-0.15, -0.1) is 0 Å². The first-order chi connectivity index (χ1) is 20.4. The summed E-state index contributed by atoms with van der Waals surface area (Å²) in [6.07, 6.45) is 0.658. The van der Waals surface area contributed by atoms with Crippen molar-refractivity contribution in [2.24, 2.45) is 0 Å². The molecule has 2 fully saturated rings. The van der Waals surface area contributed by atoms with E-state index in [0.717, 1.165) is 25.2 Å². The quantitative estimate of drug-likeness (QED) is 0.133. The van der Waals surface area contributed by atoms with Gasteiger partial charge in [0.05, 0.1) is 37.5 Å². The Balaban J connectivity index is 1.41. The highest BCUT2D eigenvalue weighted by atomic mass is 16.5. The van der Waals surface area contributed by atoms with Crippen molar-refractivity contribution in [3.63, 3.8) is 0 Å². The molecule has 2 aliphatic rings. The van der Waals surface area contributed by atoms with Crippen molar-refractivity contribution in [3.05, 3.63) is 101 Å². The van der Waals surface area contributed by atoms with Gasteiger partial charge >= 0.3 is 5.97 Å². The number of carbonyl (C=O) groups is 3. The van der Waals surface area contributed by atoms with E-state index in [1.165, 1.54) is 4.90 Å². The van der Waals surface area contributed by atoms with Gasteiger partial charge in [-0.2, -0.15) is 0 Å². The molecule has 9 heteroatoms. The van der Waals surface area contributed by atoms with Crippen molar-refractivity contribution >= 4 is 23.4 Å². The summed E-state index contributed by atoms with van der Waals surface area (Å²) in [5.74, 6) is -1.18. The molecule has 2 saturated heterocycles. The highest BCUT2D eigenvalue weighted by Gasteiger charge is 2.45. The van der Waals surface area contributed by atoms with E-state index in [9.17, 15) is 19.5 Å². The van der Waals surface area contributed by atoms with Crippen LogP contribution < -0.4 is 9.47 Å². The number of hydrogen-bond acceptors (Lipinski definition) is 8. The number of aliphatic hydroxyl groups is 1. The smallest absolute Gasteiger partial charge is 0.343 e. The fourth-order valence-corrected chi connectivity index (χ4v) is 5.22. The van der Waals surface area contributed by atoms with Gasteiger partial charge < -0.3 is 24.2 Å².